The fourth-order valence-electron chi connectivity index (χ4n) is 2.49. The Morgan fingerprint density at radius 1 is 1.17 bits per heavy atom. The minimum atomic E-state index is -0.384. The molecule has 2 aliphatic rings. The molecule has 0 aromatic heterocycles. The molecular formula is C15H22N2O. The fraction of sp³-hybridized carbons (Fsp3) is 0.600. The zero-order valence-electron chi connectivity index (χ0n) is 10.8. The van der Waals surface area contributed by atoms with Crippen molar-refractivity contribution >= 4 is 5.69 Å². The third kappa shape index (κ3) is 3.03. The molecule has 0 bridgehead atoms. The summed E-state index contributed by atoms with van der Waals surface area (Å²) in [6, 6.07) is 8.32. The second-order valence-corrected chi connectivity index (χ2v) is 5.81. The van der Waals surface area contributed by atoms with E-state index in [1.807, 2.05) is 24.3 Å². The van der Waals surface area contributed by atoms with Crippen LogP contribution in [-0.2, 0) is 0 Å². The predicted molar refractivity (Wildman–Crippen MR) is 73.1 cm³/mol. The highest BCUT2D eigenvalue weighted by atomic mass is 16.3. The van der Waals surface area contributed by atoms with E-state index < -0.39 is 0 Å². The van der Waals surface area contributed by atoms with Gasteiger partial charge in [0.15, 0.2) is 0 Å². The number of hydrogen-bond donors (Lipinski definition) is 2. The van der Waals surface area contributed by atoms with Crippen molar-refractivity contribution in [3.05, 3.63) is 29.8 Å². The maximum atomic E-state index is 10.3. The molecule has 0 heterocycles. The molecule has 1 unspecified atom stereocenters. The van der Waals surface area contributed by atoms with Crippen molar-refractivity contribution < 1.29 is 5.11 Å². The SMILES string of the molecule is Nc1ccc(C(O)CN(CC2CC2)C2CC2)cc1. The summed E-state index contributed by atoms with van der Waals surface area (Å²) in [4.78, 5) is 2.48. The smallest absolute Gasteiger partial charge is 0.0917 e. The van der Waals surface area contributed by atoms with Crippen molar-refractivity contribution in [3.63, 3.8) is 0 Å². The summed E-state index contributed by atoms with van der Waals surface area (Å²) in [6.45, 7) is 1.95. The first-order valence-electron chi connectivity index (χ1n) is 7.00. The maximum absolute atomic E-state index is 10.3. The van der Waals surface area contributed by atoms with E-state index >= 15 is 0 Å². The van der Waals surface area contributed by atoms with Crippen LogP contribution >= 0.6 is 0 Å². The van der Waals surface area contributed by atoms with Crippen LogP contribution in [0, 0.1) is 5.92 Å². The minimum absolute atomic E-state index is 0.384. The summed E-state index contributed by atoms with van der Waals surface area (Å²) < 4.78 is 0. The van der Waals surface area contributed by atoms with E-state index in [0.29, 0.717) is 0 Å². The lowest BCUT2D eigenvalue weighted by Crippen LogP contribution is -2.32. The summed E-state index contributed by atoms with van der Waals surface area (Å²) in [5.74, 6) is 0.893. The number of nitrogens with zero attached hydrogens (tertiary/aromatic N) is 1. The molecule has 0 radical (unpaired) electrons. The number of anilines is 1. The lowest BCUT2D eigenvalue weighted by Gasteiger charge is -2.25. The molecule has 98 valence electrons. The van der Waals surface area contributed by atoms with Crippen molar-refractivity contribution in [3.8, 4) is 0 Å². The van der Waals surface area contributed by atoms with Crippen molar-refractivity contribution in [1.29, 1.82) is 0 Å². The van der Waals surface area contributed by atoms with Crippen LogP contribution in [0.25, 0.3) is 0 Å². The average molecular weight is 246 g/mol. The highest BCUT2D eigenvalue weighted by Gasteiger charge is 2.34. The average Bonchev–Trinajstić information content (AvgIpc) is 3.23. The molecule has 18 heavy (non-hydrogen) atoms. The fourth-order valence-corrected chi connectivity index (χ4v) is 2.49. The van der Waals surface area contributed by atoms with Gasteiger partial charge in [-0.3, -0.25) is 4.90 Å². The lowest BCUT2D eigenvalue weighted by molar-refractivity contribution is 0.106. The molecule has 1 aromatic carbocycles. The first kappa shape index (κ1) is 12.0. The Kier molecular flexibility index (Phi) is 3.27. The zero-order valence-corrected chi connectivity index (χ0v) is 10.8. The highest BCUT2D eigenvalue weighted by Crippen LogP contribution is 2.35. The van der Waals surface area contributed by atoms with E-state index in [2.05, 4.69) is 4.90 Å². The normalized spacial score (nSPS) is 21.2. The van der Waals surface area contributed by atoms with Gasteiger partial charge in [-0.2, -0.15) is 0 Å². The molecule has 0 amide bonds. The molecule has 2 saturated carbocycles. The number of hydrogen-bond acceptors (Lipinski definition) is 3. The summed E-state index contributed by atoms with van der Waals surface area (Å²) in [7, 11) is 0. The molecule has 1 atom stereocenters. The van der Waals surface area contributed by atoms with Gasteiger partial charge in [-0.1, -0.05) is 12.1 Å². The molecule has 0 aliphatic heterocycles. The van der Waals surface area contributed by atoms with Gasteiger partial charge < -0.3 is 10.8 Å². The van der Waals surface area contributed by atoms with Crippen LogP contribution in [0.2, 0.25) is 0 Å². The topological polar surface area (TPSA) is 49.5 Å². The van der Waals surface area contributed by atoms with Crippen LogP contribution in [0.1, 0.15) is 37.4 Å². The predicted octanol–water partition coefficient (Wildman–Crippen LogP) is 2.18. The van der Waals surface area contributed by atoms with Crippen molar-refractivity contribution in [2.24, 2.45) is 5.92 Å². The molecule has 0 spiro atoms. The van der Waals surface area contributed by atoms with Crippen LogP contribution in [0.5, 0.6) is 0 Å². The number of rotatable bonds is 6. The van der Waals surface area contributed by atoms with Gasteiger partial charge in [0, 0.05) is 24.8 Å². The Bertz CT molecular complexity index is 395. The molecule has 2 fully saturated rings. The van der Waals surface area contributed by atoms with Gasteiger partial charge in [-0.15, -0.1) is 0 Å². The Balaban J connectivity index is 1.60. The number of aliphatic hydroxyl groups excluding tert-OH is 1. The summed E-state index contributed by atoms with van der Waals surface area (Å²) in [6.07, 6.45) is 4.98. The molecule has 0 saturated heterocycles. The van der Waals surface area contributed by atoms with Crippen molar-refractivity contribution in [1.82, 2.24) is 4.90 Å². The summed E-state index contributed by atoms with van der Waals surface area (Å²) in [5, 5.41) is 10.3. The second-order valence-electron chi connectivity index (χ2n) is 5.81. The van der Waals surface area contributed by atoms with Gasteiger partial charge in [0.2, 0.25) is 0 Å². The van der Waals surface area contributed by atoms with E-state index in [1.165, 1.54) is 32.2 Å². The Labute approximate surface area is 109 Å². The quantitative estimate of drug-likeness (QED) is 0.756. The van der Waals surface area contributed by atoms with Crippen LogP contribution in [0.3, 0.4) is 0 Å². The van der Waals surface area contributed by atoms with Crippen LogP contribution in [0.15, 0.2) is 24.3 Å². The monoisotopic (exact) mass is 246 g/mol. The number of benzene rings is 1. The van der Waals surface area contributed by atoms with Gasteiger partial charge in [0.25, 0.3) is 0 Å². The van der Waals surface area contributed by atoms with Crippen molar-refractivity contribution in [2.45, 2.75) is 37.8 Å². The third-order valence-electron chi connectivity index (χ3n) is 3.98. The van der Waals surface area contributed by atoms with Gasteiger partial charge in [-0.05, 0) is 49.3 Å². The number of nitrogens with two attached hydrogens (primary N) is 1. The maximum Gasteiger partial charge on any atom is 0.0917 e. The van der Waals surface area contributed by atoms with E-state index in [0.717, 1.165) is 29.8 Å². The van der Waals surface area contributed by atoms with Gasteiger partial charge in [0.05, 0.1) is 6.10 Å². The second kappa shape index (κ2) is 4.90. The Morgan fingerprint density at radius 3 is 2.39 bits per heavy atom. The van der Waals surface area contributed by atoms with E-state index in [4.69, 9.17) is 5.73 Å². The minimum Gasteiger partial charge on any atom is -0.399 e. The molecule has 3 nitrogen and oxygen atoms in total. The standard InChI is InChI=1S/C15H22N2O/c16-13-5-3-12(4-6-13)15(18)10-17(14-7-8-14)9-11-1-2-11/h3-6,11,14-15,18H,1-2,7-10,16H2. The summed E-state index contributed by atoms with van der Waals surface area (Å²) in [5.41, 5.74) is 7.40. The first-order valence-corrected chi connectivity index (χ1v) is 7.00. The van der Waals surface area contributed by atoms with E-state index in [1.54, 1.807) is 0 Å². The molecule has 2 aliphatic carbocycles. The first-order chi connectivity index (χ1) is 8.72. The molecule has 3 N–H and O–H groups in total. The Hall–Kier alpha value is -1.06. The zero-order chi connectivity index (χ0) is 12.5. The van der Waals surface area contributed by atoms with Gasteiger partial charge in [0.1, 0.15) is 0 Å². The van der Waals surface area contributed by atoms with Gasteiger partial charge >= 0.3 is 0 Å². The molecular weight excluding hydrogens is 224 g/mol. The van der Waals surface area contributed by atoms with Crippen LogP contribution in [-0.4, -0.2) is 29.1 Å². The largest absolute Gasteiger partial charge is 0.399 e. The molecule has 3 heteroatoms. The number of aliphatic hydroxyl groups is 1. The van der Waals surface area contributed by atoms with E-state index in [9.17, 15) is 5.11 Å². The van der Waals surface area contributed by atoms with Crippen LogP contribution in [0.4, 0.5) is 5.69 Å². The summed E-state index contributed by atoms with van der Waals surface area (Å²) >= 11 is 0. The lowest BCUT2D eigenvalue weighted by atomic mass is 10.1. The third-order valence-corrected chi connectivity index (χ3v) is 3.98. The molecule has 3 rings (SSSR count). The van der Waals surface area contributed by atoms with E-state index in [-0.39, 0.29) is 6.10 Å². The number of nitrogen functional groups attached to an aromatic ring is 1. The molecule has 1 aromatic rings. The van der Waals surface area contributed by atoms with Crippen LogP contribution < -0.4 is 5.73 Å². The highest BCUT2D eigenvalue weighted by molar-refractivity contribution is 5.39. The Morgan fingerprint density at radius 2 is 1.83 bits per heavy atom. The van der Waals surface area contributed by atoms with Crippen molar-refractivity contribution in [2.75, 3.05) is 18.8 Å². The van der Waals surface area contributed by atoms with Gasteiger partial charge in [-0.25, -0.2) is 0 Å².